The van der Waals surface area contributed by atoms with Crippen molar-refractivity contribution in [2.24, 2.45) is 0 Å². The molecule has 0 bridgehead atoms. The first-order valence-electron chi connectivity index (χ1n) is 8.00. The molecule has 2 aromatic carbocycles. The largest absolute Gasteiger partial charge is 0.502 e. The van der Waals surface area contributed by atoms with Gasteiger partial charge >= 0.3 is 5.97 Å². The summed E-state index contributed by atoms with van der Waals surface area (Å²) in [6.07, 6.45) is -0.0856. The Hall–Kier alpha value is -3.28. The van der Waals surface area contributed by atoms with Gasteiger partial charge in [-0.2, -0.15) is 0 Å². The third-order valence-electron chi connectivity index (χ3n) is 4.23. The molecule has 0 amide bonds. The Kier molecular flexibility index (Phi) is 4.93. The van der Waals surface area contributed by atoms with Crippen LogP contribution in [0.15, 0.2) is 57.7 Å². The van der Waals surface area contributed by atoms with Gasteiger partial charge in [0.2, 0.25) is 11.2 Å². The van der Waals surface area contributed by atoms with Crippen molar-refractivity contribution < 1.29 is 23.8 Å². The van der Waals surface area contributed by atoms with Crippen LogP contribution in [-0.4, -0.2) is 25.3 Å². The maximum absolute atomic E-state index is 12.5. The number of methoxy groups -OCH3 is 2. The zero-order valence-corrected chi connectivity index (χ0v) is 14.4. The Morgan fingerprint density at radius 1 is 1.12 bits per heavy atom. The molecule has 1 aromatic heterocycles. The maximum Gasteiger partial charge on any atom is 0.306 e. The van der Waals surface area contributed by atoms with Crippen LogP contribution in [0.3, 0.4) is 0 Å². The highest BCUT2D eigenvalue weighted by Gasteiger charge is 2.27. The number of hydrogen-bond acceptors (Lipinski definition) is 6. The van der Waals surface area contributed by atoms with Crippen LogP contribution in [0.5, 0.6) is 11.5 Å². The van der Waals surface area contributed by atoms with Crippen LogP contribution in [0.25, 0.3) is 11.0 Å². The van der Waals surface area contributed by atoms with Gasteiger partial charge in [-0.05, 0) is 29.8 Å². The van der Waals surface area contributed by atoms with Crippen molar-refractivity contribution in [2.75, 3.05) is 14.2 Å². The number of benzene rings is 2. The second-order valence-corrected chi connectivity index (χ2v) is 5.75. The van der Waals surface area contributed by atoms with Gasteiger partial charge in [-0.3, -0.25) is 9.59 Å². The Morgan fingerprint density at radius 3 is 2.46 bits per heavy atom. The first kappa shape index (κ1) is 17.5. The van der Waals surface area contributed by atoms with Crippen molar-refractivity contribution in [3.63, 3.8) is 0 Å². The van der Waals surface area contributed by atoms with E-state index in [-0.39, 0.29) is 17.6 Å². The zero-order valence-electron chi connectivity index (χ0n) is 14.4. The molecule has 0 unspecified atom stereocenters. The summed E-state index contributed by atoms with van der Waals surface area (Å²) < 4.78 is 15.7. The fourth-order valence-corrected chi connectivity index (χ4v) is 2.83. The summed E-state index contributed by atoms with van der Waals surface area (Å²) in [7, 11) is 2.83. The molecule has 0 aliphatic heterocycles. The van der Waals surface area contributed by atoms with Crippen LogP contribution in [0.1, 0.15) is 23.7 Å². The number of fused-ring (bicyclic) bond motifs is 1. The van der Waals surface area contributed by atoms with E-state index in [1.54, 1.807) is 55.6 Å². The van der Waals surface area contributed by atoms with Gasteiger partial charge in [0.15, 0.2) is 5.76 Å². The Bertz CT molecular complexity index is 987. The summed E-state index contributed by atoms with van der Waals surface area (Å²) in [6.45, 7) is 0. The number of hydrogen-bond donors (Lipinski definition) is 1. The first-order chi connectivity index (χ1) is 12.5. The maximum atomic E-state index is 12.5. The molecule has 0 saturated carbocycles. The van der Waals surface area contributed by atoms with Crippen molar-refractivity contribution in [1.29, 1.82) is 0 Å². The summed E-state index contributed by atoms with van der Waals surface area (Å²) in [5.74, 6) is -0.987. The lowest BCUT2D eigenvalue weighted by molar-refractivity contribution is -0.140. The third kappa shape index (κ3) is 3.26. The van der Waals surface area contributed by atoms with E-state index in [2.05, 4.69) is 0 Å². The van der Waals surface area contributed by atoms with E-state index >= 15 is 0 Å². The molecule has 134 valence electrons. The topological polar surface area (TPSA) is 86.0 Å². The minimum Gasteiger partial charge on any atom is -0.502 e. The number of rotatable bonds is 5. The van der Waals surface area contributed by atoms with Gasteiger partial charge in [0.1, 0.15) is 11.3 Å². The van der Waals surface area contributed by atoms with Crippen molar-refractivity contribution in [3.8, 4) is 11.5 Å². The second-order valence-electron chi connectivity index (χ2n) is 5.75. The summed E-state index contributed by atoms with van der Waals surface area (Å²) in [5, 5.41) is 10.7. The van der Waals surface area contributed by atoms with E-state index in [0.29, 0.717) is 16.9 Å². The van der Waals surface area contributed by atoms with Crippen LogP contribution in [0.4, 0.5) is 0 Å². The summed E-state index contributed by atoms with van der Waals surface area (Å²) >= 11 is 0. The molecule has 1 atom stereocenters. The number of para-hydroxylation sites is 1. The molecule has 0 aliphatic rings. The Morgan fingerprint density at radius 2 is 1.81 bits per heavy atom. The molecule has 0 saturated heterocycles. The lowest BCUT2D eigenvalue weighted by atomic mass is 9.92. The molecule has 0 spiro atoms. The van der Waals surface area contributed by atoms with Crippen molar-refractivity contribution in [2.45, 2.75) is 12.3 Å². The minimum absolute atomic E-state index is 0.0317. The normalized spacial score (nSPS) is 11.9. The van der Waals surface area contributed by atoms with E-state index in [9.17, 15) is 14.7 Å². The van der Waals surface area contributed by atoms with Crippen LogP contribution in [-0.2, 0) is 9.53 Å². The van der Waals surface area contributed by atoms with E-state index in [1.807, 2.05) is 0 Å². The highest BCUT2D eigenvalue weighted by atomic mass is 16.5. The quantitative estimate of drug-likeness (QED) is 0.708. The number of aromatic hydroxyl groups is 1. The van der Waals surface area contributed by atoms with Crippen LogP contribution in [0.2, 0.25) is 0 Å². The molecule has 0 radical (unpaired) electrons. The lowest BCUT2D eigenvalue weighted by Crippen LogP contribution is -2.13. The Balaban J connectivity index is 2.17. The van der Waals surface area contributed by atoms with Crippen molar-refractivity contribution in [3.05, 3.63) is 70.1 Å². The molecule has 6 heteroatoms. The van der Waals surface area contributed by atoms with Crippen molar-refractivity contribution in [1.82, 2.24) is 0 Å². The predicted molar refractivity (Wildman–Crippen MR) is 95.6 cm³/mol. The molecule has 0 aliphatic carbocycles. The van der Waals surface area contributed by atoms with Crippen LogP contribution < -0.4 is 10.2 Å². The molecule has 1 heterocycles. The smallest absolute Gasteiger partial charge is 0.306 e. The minimum atomic E-state index is -0.675. The number of esters is 1. The van der Waals surface area contributed by atoms with Crippen molar-refractivity contribution >= 4 is 16.9 Å². The van der Waals surface area contributed by atoms with Gasteiger partial charge in [-0.1, -0.05) is 24.3 Å². The van der Waals surface area contributed by atoms with Gasteiger partial charge in [0.25, 0.3) is 0 Å². The van der Waals surface area contributed by atoms with Crippen LogP contribution >= 0.6 is 0 Å². The average molecular weight is 354 g/mol. The number of carbonyl (C=O) groups excluding carboxylic acids is 1. The molecular formula is C20H18O6. The second kappa shape index (κ2) is 7.31. The highest BCUT2D eigenvalue weighted by molar-refractivity contribution is 5.78. The van der Waals surface area contributed by atoms with Crippen LogP contribution in [0, 0.1) is 0 Å². The van der Waals surface area contributed by atoms with E-state index in [0.717, 1.165) is 0 Å². The van der Waals surface area contributed by atoms with Gasteiger partial charge in [-0.15, -0.1) is 0 Å². The fourth-order valence-electron chi connectivity index (χ4n) is 2.83. The van der Waals surface area contributed by atoms with E-state index in [4.69, 9.17) is 13.9 Å². The molecule has 3 rings (SSSR count). The first-order valence-corrected chi connectivity index (χ1v) is 8.00. The number of ether oxygens (including phenoxy) is 2. The van der Waals surface area contributed by atoms with Gasteiger partial charge < -0.3 is 19.0 Å². The Labute approximate surface area is 149 Å². The SMILES string of the molecule is COC(=O)C[C@@H](c1ccc(OC)cc1)c1oc2ccccc2c(=O)c1O. The monoisotopic (exact) mass is 354 g/mol. The molecule has 26 heavy (non-hydrogen) atoms. The molecular weight excluding hydrogens is 336 g/mol. The van der Waals surface area contributed by atoms with E-state index < -0.39 is 23.1 Å². The molecule has 1 N–H and O–H groups in total. The number of carbonyl (C=O) groups is 1. The predicted octanol–water partition coefficient (Wildman–Crippen LogP) is 3.20. The standard InChI is InChI=1S/C20H18O6/c1-24-13-9-7-12(8-10-13)15(11-17(21)25-2)20-19(23)18(22)14-5-3-4-6-16(14)26-20/h3-10,15,23H,11H2,1-2H3/t15-/m0/s1. The lowest BCUT2D eigenvalue weighted by Gasteiger charge is -2.17. The summed E-state index contributed by atoms with van der Waals surface area (Å²) in [6, 6.07) is 13.6. The zero-order chi connectivity index (χ0) is 18.7. The van der Waals surface area contributed by atoms with Gasteiger partial charge in [-0.25, -0.2) is 0 Å². The average Bonchev–Trinajstić information content (AvgIpc) is 2.69. The fraction of sp³-hybridized carbons (Fsp3) is 0.200. The summed E-state index contributed by atoms with van der Waals surface area (Å²) in [5.41, 5.74) is 0.490. The molecule has 6 nitrogen and oxygen atoms in total. The molecule has 0 fully saturated rings. The van der Waals surface area contributed by atoms with Gasteiger partial charge in [0.05, 0.1) is 31.9 Å². The highest BCUT2D eigenvalue weighted by Crippen LogP contribution is 2.35. The third-order valence-corrected chi connectivity index (χ3v) is 4.23. The van der Waals surface area contributed by atoms with E-state index in [1.165, 1.54) is 7.11 Å². The molecule has 3 aromatic rings. The van der Waals surface area contributed by atoms with Gasteiger partial charge in [0, 0.05) is 0 Å². The summed E-state index contributed by atoms with van der Waals surface area (Å²) in [4.78, 5) is 24.4.